The molecule has 0 spiro atoms. The van der Waals surface area contributed by atoms with E-state index in [4.69, 9.17) is 4.74 Å². The smallest absolute Gasteiger partial charge is 0.157 e. The standard InChI is InChI=1S/C19H21N5O2/c1-2-24-11-15(8-21-24)26-19-13-22(12-18(19)25)9-14-10-23-6-4-3-5-17(23)16(14)7-20/h3-6,8,10-11,18-19,25H,2,9,12-13H2,1H3/t18-,19-/m1/s1. The molecular weight excluding hydrogens is 330 g/mol. The van der Waals surface area contributed by atoms with Gasteiger partial charge in [-0.2, -0.15) is 10.4 Å². The van der Waals surface area contributed by atoms with Gasteiger partial charge >= 0.3 is 0 Å². The summed E-state index contributed by atoms with van der Waals surface area (Å²) in [6.07, 6.45) is 6.57. The topological polar surface area (TPSA) is 78.7 Å². The van der Waals surface area contributed by atoms with Gasteiger partial charge in [0.1, 0.15) is 18.3 Å². The van der Waals surface area contributed by atoms with Crippen LogP contribution in [-0.4, -0.2) is 49.5 Å². The van der Waals surface area contributed by atoms with Gasteiger partial charge in [0.05, 0.1) is 23.5 Å². The number of rotatable bonds is 5. The summed E-state index contributed by atoms with van der Waals surface area (Å²) in [7, 11) is 0. The molecule has 7 heteroatoms. The highest BCUT2D eigenvalue weighted by molar-refractivity contribution is 5.65. The number of nitrogens with zero attached hydrogens (tertiary/aromatic N) is 5. The molecule has 134 valence electrons. The maximum atomic E-state index is 10.4. The summed E-state index contributed by atoms with van der Waals surface area (Å²) in [5, 5.41) is 24.1. The molecule has 1 aliphatic rings. The summed E-state index contributed by atoms with van der Waals surface area (Å²) in [5.74, 6) is 0.671. The maximum absolute atomic E-state index is 10.4. The molecular formula is C19H21N5O2. The molecule has 0 saturated carbocycles. The SMILES string of the molecule is CCn1cc(O[C@@H]2CN(Cc3cn4ccccc4c3C#N)C[C@H]2O)cn1. The first kappa shape index (κ1) is 16.6. The maximum Gasteiger partial charge on any atom is 0.157 e. The molecule has 0 radical (unpaired) electrons. The van der Waals surface area contributed by atoms with Crippen LogP contribution in [-0.2, 0) is 13.1 Å². The van der Waals surface area contributed by atoms with Crippen LogP contribution in [0.1, 0.15) is 18.1 Å². The highest BCUT2D eigenvalue weighted by Crippen LogP contribution is 2.23. The number of aromatic nitrogens is 3. The Labute approximate surface area is 151 Å². The second-order valence-corrected chi connectivity index (χ2v) is 6.58. The van der Waals surface area contributed by atoms with Crippen LogP contribution in [0, 0.1) is 11.3 Å². The third kappa shape index (κ3) is 3.05. The first-order valence-electron chi connectivity index (χ1n) is 8.76. The lowest BCUT2D eigenvalue weighted by atomic mass is 10.1. The number of aryl methyl sites for hydroxylation is 1. The van der Waals surface area contributed by atoms with Crippen LogP contribution in [0.3, 0.4) is 0 Å². The van der Waals surface area contributed by atoms with E-state index >= 15 is 0 Å². The van der Waals surface area contributed by atoms with Crippen molar-refractivity contribution in [3.8, 4) is 11.8 Å². The van der Waals surface area contributed by atoms with Gasteiger partial charge in [0.25, 0.3) is 0 Å². The van der Waals surface area contributed by atoms with Crippen LogP contribution in [0.2, 0.25) is 0 Å². The number of nitriles is 1. The summed E-state index contributed by atoms with van der Waals surface area (Å²) in [6, 6.07) is 8.13. The second kappa shape index (κ2) is 6.83. The van der Waals surface area contributed by atoms with E-state index in [1.165, 1.54) is 0 Å². The zero-order valence-electron chi connectivity index (χ0n) is 14.6. The summed E-state index contributed by atoms with van der Waals surface area (Å²) in [4.78, 5) is 2.12. The Hall–Kier alpha value is -2.82. The van der Waals surface area contributed by atoms with Crippen molar-refractivity contribution in [3.05, 3.63) is 54.1 Å². The number of β-amino-alcohol motifs (C(OH)–C–C–N with tert-alkyl or cyclic N) is 1. The molecule has 4 heterocycles. The van der Waals surface area contributed by atoms with Crippen molar-refractivity contribution in [3.63, 3.8) is 0 Å². The zero-order chi connectivity index (χ0) is 18.1. The van der Waals surface area contributed by atoms with Gasteiger partial charge in [0.15, 0.2) is 5.75 Å². The van der Waals surface area contributed by atoms with Crippen LogP contribution < -0.4 is 4.74 Å². The minimum absolute atomic E-state index is 0.299. The Morgan fingerprint density at radius 3 is 3.00 bits per heavy atom. The van der Waals surface area contributed by atoms with Crippen LogP contribution >= 0.6 is 0 Å². The summed E-state index contributed by atoms with van der Waals surface area (Å²) >= 11 is 0. The molecule has 1 saturated heterocycles. The average molecular weight is 351 g/mol. The van der Waals surface area contributed by atoms with Crippen LogP contribution in [0.4, 0.5) is 0 Å². The largest absolute Gasteiger partial charge is 0.483 e. The van der Waals surface area contributed by atoms with Crippen molar-refractivity contribution in [2.75, 3.05) is 13.1 Å². The molecule has 3 aromatic heterocycles. The molecule has 7 nitrogen and oxygen atoms in total. The molecule has 2 atom stereocenters. The van der Waals surface area contributed by atoms with E-state index in [2.05, 4.69) is 16.1 Å². The quantitative estimate of drug-likeness (QED) is 0.756. The molecule has 0 bridgehead atoms. The summed E-state index contributed by atoms with van der Waals surface area (Å²) in [5.41, 5.74) is 2.56. The monoisotopic (exact) mass is 351 g/mol. The van der Waals surface area contributed by atoms with Crippen LogP contribution in [0.25, 0.3) is 5.52 Å². The van der Waals surface area contributed by atoms with Crippen molar-refractivity contribution in [1.82, 2.24) is 19.1 Å². The molecule has 3 aromatic rings. The van der Waals surface area contributed by atoms with E-state index in [-0.39, 0.29) is 6.10 Å². The van der Waals surface area contributed by atoms with Crippen molar-refractivity contribution in [2.24, 2.45) is 0 Å². The third-order valence-electron chi connectivity index (χ3n) is 4.80. The number of likely N-dealkylation sites (tertiary alicyclic amines) is 1. The predicted molar refractivity (Wildman–Crippen MR) is 95.7 cm³/mol. The Morgan fingerprint density at radius 2 is 2.23 bits per heavy atom. The Balaban J connectivity index is 1.47. The van der Waals surface area contributed by atoms with E-state index in [1.807, 2.05) is 48.1 Å². The minimum Gasteiger partial charge on any atom is -0.483 e. The molecule has 1 aliphatic heterocycles. The van der Waals surface area contributed by atoms with E-state index in [9.17, 15) is 10.4 Å². The summed E-state index contributed by atoms with van der Waals surface area (Å²) < 4.78 is 9.67. The van der Waals surface area contributed by atoms with Gasteiger partial charge in [-0.25, -0.2) is 0 Å². The highest BCUT2D eigenvalue weighted by Gasteiger charge is 2.33. The predicted octanol–water partition coefficient (Wildman–Crippen LogP) is 1.65. The zero-order valence-corrected chi connectivity index (χ0v) is 14.6. The fourth-order valence-electron chi connectivity index (χ4n) is 3.50. The molecule has 0 unspecified atom stereocenters. The number of fused-ring (bicyclic) bond motifs is 1. The molecule has 0 aliphatic carbocycles. The molecule has 1 fully saturated rings. The fourth-order valence-corrected chi connectivity index (χ4v) is 3.50. The number of hydrogen-bond acceptors (Lipinski definition) is 5. The van der Waals surface area contributed by atoms with Gasteiger partial charge in [0, 0.05) is 44.1 Å². The number of aliphatic hydroxyl groups excluding tert-OH is 1. The van der Waals surface area contributed by atoms with Gasteiger partial charge in [-0.1, -0.05) is 6.07 Å². The van der Waals surface area contributed by atoms with E-state index in [1.54, 1.807) is 10.9 Å². The molecule has 0 amide bonds. The fraction of sp³-hybridized carbons (Fsp3) is 0.368. The number of ether oxygens (including phenoxy) is 1. The van der Waals surface area contributed by atoms with Gasteiger partial charge < -0.3 is 14.2 Å². The first-order chi connectivity index (χ1) is 12.7. The van der Waals surface area contributed by atoms with Gasteiger partial charge in [-0.15, -0.1) is 0 Å². The molecule has 4 rings (SSSR count). The highest BCUT2D eigenvalue weighted by atomic mass is 16.5. The van der Waals surface area contributed by atoms with Crippen LogP contribution in [0.15, 0.2) is 43.0 Å². The van der Waals surface area contributed by atoms with Crippen molar-refractivity contribution >= 4 is 5.52 Å². The first-order valence-corrected chi connectivity index (χ1v) is 8.76. The lowest BCUT2D eigenvalue weighted by Crippen LogP contribution is -2.29. The lowest BCUT2D eigenvalue weighted by molar-refractivity contribution is 0.0736. The number of pyridine rings is 1. The summed E-state index contributed by atoms with van der Waals surface area (Å²) in [6.45, 7) is 4.52. The minimum atomic E-state index is -0.567. The Bertz CT molecular complexity index is 954. The molecule has 26 heavy (non-hydrogen) atoms. The van der Waals surface area contributed by atoms with Gasteiger partial charge in [-0.05, 0) is 19.1 Å². The number of hydrogen-bond donors (Lipinski definition) is 1. The van der Waals surface area contributed by atoms with E-state index in [0.29, 0.717) is 30.9 Å². The number of aliphatic hydroxyl groups is 1. The third-order valence-corrected chi connectivity index (χ3v) is 4.80. The Morgan fingerprint density at radius 1 is 1.35 bits per heavy atom. The van der Waals surface area contributed by atoms with Gasteiger partial charge in [-0.3, -0.25) is 9.58 Å². The van der Waals surface area contributed by atoms with Gasteiger partial charge in [0.2, 0.25) is 0 Å². The van der Waals surface area contributed by atoms with E-state index < -0.39 is 6.10 Å². The van der Waals surface area contributed by atoms with E-state index in [0.717, 1.165) is 17.6 Å². The van der Waals surface area contributed by atoms with Crippen LogP contribution in [0.5, 0.6) is 5.75 Å². The molecule has 1 N–H and O–H groups in total. The van der Waals surface area contributed by atoms with Crippen molar-refractivity contribution in [2.45, 2.75) is 32.2 Å². The average Bonchev–Trinajstić information content (AvgIpc) is 3.32. The normalized spacial score (nSPS) is 20.5. The second-order valence-electron chi connectivity index (χ2n) is 6.58. The molecule has 0 aromatic carbocycles. The van der Waals surface area contributed by atoms with Crippen molar-refractivity contribution < 1.29 is 9.84 Å². The lowest BCUT2D eigenvalue weighted by Gasteiger charge is -2.15. The Kier molecular flexibility index (Phi) is 4.37. The van der Waals surface area contributed by atoms with Crippen molar-refractivity contribution in [1.29, 1.82) is 5.26 Å².